The minimum absolute atomic E-state index is 0.149. The SMILES string of the molecule is N#Cc1sc2nc(N)c(C#N)c(-c3ccccc3I)c2c1N. The maximum Gasteiger partial charge on any atom is 0.143 e. The minimum atomic E-state index is 0.149. The van der Waals surface area contributed by atoms with E-state index in [1.54, 1.807) is 0 Å². The van der Waals surface area contributed by atoms with Gasteiger partial charge in [-0.05, 0) is 34.2 Å². The summed E-state index contributed by atoms with van der Waals surface area (Å²) >= 11 is 3.38. The molecule has 0 aliphatic rings. The van der Waals surface area contributed by atoms with Crippen LogP contribution in [-0.4, -0.2) is 4.98 Å². The van der Waals surface area contributed by atoms with Crippen molar-refractivity contribution in [3.05, 3.63) is 38.3 Å². The van der Waals surface area contributed by atoms with E-state index in [4.69, 9.17) is 11.5 Å². The van der Waals surface area contributed by atoms with Gasteiger partial charge in [-0.15, -0.1) is 11.3 Å². The molecule has 0 bridgehead atoms. The molecule has 22 heavy (non-hydrogen) atoms. The van der Waals surface area contributed by atoms with Crippen molar-refractivity contribution in [2.24, 2.45) is 0 Å². The van der Waals surface area contributed by atoms with Crippen LogP contribution in [0.4, 0.5) is 11.5 Å². The highest BCUT2D eigenvalue weighted by Crippen LogP contribution is 2.43. The summed E-state index contributed by atoms with van der Waals surface area (Å²) in [7, 11) is 0. The molecule has 0 aliphatic carbocycles. The summed E-state index contributed by atoms with van der Waals surface area (Å²) < 4.78 is 0.965. The number of rotatable bonds is 1. The van der Waals surface area contributed by atoms with Crippen molar-refractivity contribution in [3.8, 4) is 23.3 Å². The van der Waals surface area contributed by atoms with Gasteiger partial charge in [-0.25, -0.2) is 4.98 Å². The first-order chi connectivity index (χ1) is 10.6. The molecule has 2 aromatic heterocycles. The largest absolute Gasteiger partial charge is 0.396 e. The standard InChI is InChI=1S/C15H8IN5S/c16-9-4-2-1-3-7(9)11-8(5-17)14(20)21-15-12(11)13(19)10(6-18)22-15/h1-4H,19H2,(H2,20,21). The zero-order chi connectivity index (χ0) is 15.9. The van der Waals surface area contributed by atoms with Crippen LogP contribution in [0.5, 0.6) is 0 Å². The Morgan fingerprint density at radius 1 is 1.14 bits per heavy atom. The van der Waals surface area contributed by atoms with E-state index in [0.717, 1.165) is 9.13 Å². The first-order valence-electron chi connectivity index (χ1n) is 6.15. The molecule has 0 radical (unpaired) electrons. The van der Waals surface area contributed by atoms with Crippen LogP contribution in [0.3, 0.4) is 0 Å². The van der Waals surface area contributed by atoms with Gasteiger partial charge in [-0.1, -0.05) is 18.2 Å². The average Bonchev–Trinajstić information content (AvgIpc) is 2.82. The van der Waals surface area contributed by atoms with Gasteiger partial charge in [0.1, 0.15) is 33.2 Å². The van der Waals surface area contributed by atoms with Gasteiger partial charge in [0, 0.05) is 14.5 Å². The molecule has 0 saturated heterocycles. The summed E-state index contributed by atoms with van der Waals surface area (Å²) in [6.07, 6.45) is 0. The maximum absolute atomic E-state index is 9.49. The second kappa shape index (κ2) is 5.44. The summed E-state index contributed by atoms with van der Waals surface area (Å²) in [4.78, 5) is 5.18. The number of hydrogen-bond donors (Lipinski definition) is 2. The Hall–Kier alpha value is -2.36. The maximum atomic E-state index is 9.49. The number of nitrogens with zero attached hydrogens (tertiary/aromatic N) is 3. The number of nitrogen functional groups attached to an aromatic ring is 2. The van der Waals surface area contributed by atoms with Crippen LogP contribution < -0.4 is 11.5 Å². The molecule has 106 valence electrons. The third kappa shape index (κ3) is 2.06. The van der Waals surface area contributed by atoms with E-state index >= 15 is 0 Å². The number of aromatic nitrogens is 1. The monoisotopic (exact) mass is 417 g/mol. The average molecular weight is 417 g/mol. The number of nitrogens with two attached hydrogens (primary N) is 2. The number of benzene rings is 1. The number of thiophene rings is 1. The second-order valence-corrected chi connectivity index (χ2v) is 6.64. The Kier molecular flexibility index (Phi) is 3.61. The van der Waals surface area contributed by atoms with Gasteiger partial charge in [0.25, 0.3) is 0 Å². The van der Waals surface area contributed by atoms with Crippen molar-refractivity contribution < 1.29 is 0 Å². The Labute approximate surface area is 143 Å². The predicted octanol–water partition coefficient (Wildman–Crippen LogP) is 3.48. The number of hydrogen-bond acceptors (Lipinski definition) is 6. The van der Waals surface area contributed by atoms with E-state index < -0.39 is 0 Å². The molecule has 0 aliphatic heterocycles. The van der Waals surface area contributed by atoms with Crippen molar-refractivity contribution in [1.29, 1.82) is 10.5 Å². The topological polar surface area (TPSA) is 113 Å². The molecule has 2 heterocycles. The number of nitriles is 2. The van der Waals surface area contributed by atoms with Crippen molar-refractivity contribution in [3.63, 3.8) is 0 Å². The van der Waals surface area contributed by atoms with Gasteiger partial charge in [-0.2, -0.15) is 10.5 Å². The van der Waals surface area contributed by atoms with Crippen LogP contribution in [0.1, 0.15) is 10.4 Å². The van der Waals surface area contributed by atoms with Crippen molar-refractivity contribution >= 4 is 55.6 Å². The smallest absolute Gasteiger partial charge is 0.143 e. The fourth-order valence-electron chi connectivity index (χ4n) is 2.30. The zero-order valence-corrected chi connectivity index (χ0v) is 14.1. The third-order valence-corrected chi connectivity index (χ3v) is 5.21. The zero-order valence-electron chi connectivity index (χ0n) is 11.1. The fraction of sp³-hybridized carbons (Fsp3) is 0. The van der Waals surface area contributed by atoms with Gasteiger partial charge in [0.05, 0.1) is 5.69 Å². The second-order valence-electron chi connectivity index (χ2n) is 4.48. The molecule has 0 unspecified atom stereocenters. The molecule has 3 aromatic rings. The third-order valence-electron chi connectivity index (χ3n) is 3.26. The van der Waals surface area contributed by atoms with Crippen molar-refractivity contribution in [2.45, 2.75) is 0 Å². The number of pyridine rings is 1. The molecule has 0 amide bonds. The molecule has 1 aromatic carbocycles. The highest BCUT2D eigenvalue weighted by Gasteiger charge is 2.22. The van der Waals surface area contributed by atoms with Crippen LogP contribution in [0.15, 0.2) is 24.3 Å². The van der Waals surface area contributed by atoms with Crippen LogP contribution in [0.25, 0.3) is 21.3 Å². The summed E-state index contributed by atoms with van der Waals surface area (Å²) in [5.74, 6) is 0.149. The highest BCUT2D eigenvalue weighted by molar-refractivity contribution is 14.1. The molecule has 7 heteroatoms. The Morgan fingerprint density at radius 2 is 1.86 bits per heavy atom. The number of anilines is 2. The number of halogens is 1. The molecule has 0 saturated carbocycles. The van der Waals surface area contributed by atoms with Crippen molar-refractivity contribution in [2.75, 3.05) is 11.5 Å². The quantitative estimate of drug-likeness (QED) is 0.589. The van der Waals surface area contributed by atoms with Crippen LogP contribution in [0, 0.1) is 26.2 Å². The Morgan fingerprint density at radius 3 is 2.50 bits per heavy atom. The highest BCUT2D eigenvalue weighted by atomic mass is 127. The normalized spacial score (nSPS) is 10.3. The molecule has 5 nitrogen and oxygen atoms in total. The van der Waals surface area contributed by atoms with E-state index in [0.29, 0.717) is 26.3 Å². The molecular weight excluding hydrogens is 409 g/mol. The first kappa shape index (κ1) is 14.6. The lowest BCUT2D eigenvalue weighted by Gasteiger charge is -2.11. The summed E-state index contributed by atoms with van der Waals surface area (Å²) in [5, 5.41) is 19.3. The van der Waals surface area contributed by atoms with Crippen LogP contribution >= 0.6 is 33.9 Å². The lowest BCUT2D eigenvalue weighted by molar-refractivity contribution is 1.39. The lowest BCUT2D eigenvalue weighted by atomic mass is 9.97. The molecule has 0 fully saturated rings. The summed E-state index contributed by atoms with van der Waals surface area (Å²) in [6, 6.07) is 11.8. The van der Waals surface area contributed by atoms with E-state index in [2.05, 4.69) is 39.7 Å². The molecule has 0 atom stereocenters. The molecule has 3 rings (SSSR count). The Balaban J connectivity index is 2.57. The van der Waals surface area contributed by atoms with Gasteiger partial charge >= 0.3 is 0 Å². The van der Waals surface area contributed by atoms with E-state index in [9.17, 15) is 10.5 Å². The Bertz CT molecular complexity index is 994. The summed E-state index contributed by atoms with van der Waals surface area (Å²) in [6.45, 7) is 0. The summed E-state index contributed by atoms with van der Waals surface area (Å²) in [5.41, 5.74) is 14.2. The van der Waals surface area contributed by atoms with Crippen LogP contribution in [0.2, 0.25) is 0 Å². The lowest BCUT2D eigenvalue weighted by Crippen LogP contribution is -2.00. The fourth-order valence-corrected chi connectivity index (χ4v) is 3.87. The van der Waals surface area contributed by atoms with Gasteiger partial charge < -0.3 is 11.5 Å². The van der Waals surface area contributed by atoms with Gasteiger partial charge in [0.2, 0.25) is 0 Å². The van der Waals surface area contributed by atoms with E-state index in [-0.39, 0.29) is 11.4 Å². The van der Waals surface area contributed by atoms with Crippen molar-refractivity contribution in [1.82, 2.24) is 4.98 Å². The van der Waals surface area contributed by atoms with E-state index in [1.807, 2.05) is 24.3 Å². The predicted molar refractivity (Wildman–Crippen MR) is 96.0 cm³/mol. The molecule has 0 spiro atoms. The first-order valence-corrected chi connectivity index (χ1v) is 8.04. The molecular formula is C15H8IN5S. The molecule has 4 N–H and O–H groups in total. The van der Waals surface area contributed by atoms with Crippen LogP contribution in [-0.2, 0) is 0 Å². The van der Waals surface area contributed by atoms with E-state index in [1.165, 1.54) is 11.3 Å². The minimum Gasteiger partial charge on any atom is -0.396 e. The van der Waals surface area contributed by atoms with Gasteiger partial charge in [-0.3, -0.25) is 0 Å². The number of fused-ring (bicyclic) bond motifs is 1. The van der Waals surface area contributed by atoms with Gasteiger partial charge in [0.15, 0.2) is 0 Å².